The van der Waals surface area contributed by atoms with Gasteiger partial charge in [0.05, 0.1) is 6.61 Å². The molecule has 0 aromatic rings. The van der Waals surface area contributed by atoms with Gasteiger partial charge in [-0.2, -0.15) is 0 Å². The van der Waals surface area contributed by atoms with Crippen molar-refractivity contribution in [3.63, 3.8) is 0 Å². The van der Waals surface area contributed by atoms with Gasteiger partial charge in [0.25, 0.3) is 0 Å². The van der Waals surface area contributed by atoms with Crippen LogP contribution in [0.25, 0.3) is 0 Å². The van der Waals surface area contributed by atoms with Crippen molar-refractivity contribution in [2.75, 3.05) is 13.2 Å². The Bertz CT molecular complexity index is 193. The molecular formula is C7H19NO3Si3. The Balaban J connectivity index is 3.42. The summed E-state index contributed by atoms with van der Waals surface area (Å²) in [6.45, 7) is 1.17. The first-order valence-electron chi connectivity index (χ1n) is 4.78. The molecule has 82 valence electrons. The SMILES string of the molecule is O=CNCCCC(=O)OCC([SiH3])([SiH3])[SiH3]. The van der Waals surface area contributed by atoms with Gasteiger partial charge in [-0.3, -0.25) is 9.59 Å². The van der Waals surface area contributed by atoms with E-state index in [4.69, 9.17) is 4.74 Å². The first-order valence-corrected chi connectivity index (χ1v) is 7.78. The third-order valence-electron chi connectivity index (χ3n) is 1.45. The molecule has 1 amide bonds. The standard InChI is InChI=1S/C7H19NO3Si3/c9-5-8-3-1-2-6(10)11-4-7(12,13)14/h5H,1-4H2,12-14H3,(H,8,9). The minimum atomic E-state index is -0.135. The zero-order valence-electron chi connectivity index (χ0n) is 9.13. The lowest BCUT2D eigenvalue weighted by atomic mass is 10.3. The molecule has 0 saturated heterocycles. The van der Waals surface area contributed by atoms with Crippen LogP contribution in [0.5, 0.6) is 0 Å². The fourth-order valence-corrected chi connectivity index (χ4v) is 1.20. The Labute approximate surface area is 93.4 Å². The van der Waals surface area contributed by atoms with E-state index in [0.29, 0.717) is 36.7 Å². The molecule has 0 aliphatic carbocycles. The van der Waals surface area contributed by atoms with E-state index in [2.05, 4.69) is 5.32 Å². The van der Waals surface area contributed by atoms with Crippen molar-refractivity contribution in [1.29, 1.82) is 0 Å². The molecule has 0 aromatic carbocycles. The second-order valence-corrected chi connectivity index (χ2v) is 18.5. The summed E-state index contributed by atoms with van der Waals surface area (Å²) in [6, 6.07) is 0. The molecule has 0 atom stereocenters. The second kappa shape index (κ2) is 6.96. The molecule has 0 bridgehead atoms. The van der Waals surface area contributed by atoms with Crippen LogP contribution in [-0.4, -0.2) is 56.3 Å². The lowest BCUT2D eigenvalue weighted by Crippen LogP contribution is -2.23. The largest absolute Gasteiger partial charge is 0.466 e. The van der Waals surface area contributed by atoms with E-state index >= 15 is 0 Å². The Morgan fingerprint density at radius 1 is 1.43 bits per heavy atom. The van der Waals surface area contributed by atoms with Crippen molar-refractivity contribution in [1.82, 2.24) is 5.32 Å². The number of esters is 1. The number of carbonyl (C=O) groups is 2. The molecule has 0 spiro atoms. The fourth-order valence-electron chi connectivity index (χ4n) is 0.763. The number of nitrogens with one attached hydrogen (secondary N) is 1. The zero-order valence-corrected chi connectivity index (χ0v) is 15.1. The average molecular weight is 249 g/mol. The topological polar surface area (TPSA) is 55.4 Å². The molecule has 0 aliphatic heterocycles. The fraction of sp³-hybridized carbons (Fsp3) is 0.714. The van der Waals surface area contributed by atoms with Gasteiger partial charge in [0.15, 0.2) is 0 Å². The van der Waals surface area contributed by atoms with Gasteiger partial charge < -0.3 is 10.1 Å². The molecule has 0 rings (SSSR count). The minimum Gasteiger partial charge on any atom is -0.466 e. The molecule has 0 heterocycles. The van der Waals surface area contributed by atoms with Gasteiger partial charge in [-0.05, 0) is 10.7 Å². The number of rotatable bonds is 7. The Morgan fingerprint density at radius 3 is 2.57 bits per heavy atom. The molecule has 7 heteroatoms. The molecule has 0 radical (unpaired) electrons. The van der Waals surface area contributed by atoms with Crippen LogP contribution in [0.15, 0.2) is 0 Å². The highest BCUT2D eigenvalue weighted by molar-refractivity contribution is 6.59. The predicted octanol–water partition coefficient (Wildman–Crippen LogP) is -3.77. The number of hydrogen-bond donors (Lipinski definition) is 1. The van der Waals surface area contributed by atoms with Crippen LogP contribution < -0.4 is 5.32 Å². The second-order valence-electron chi connectivity index (χ2n) is 4.40. The summed E-state index contributed by atoms with van der Waals surface area (Å²) in [7, 11) is 3.38. The maximum Gasteiger partial charge on any atom is 0.305 e. The lowest BCUT2D eigenvalue weighted by Gasteiger charge is -2.17. The molecule has 0 saturated carbocycles. The van der Waals surface area contributed by atoms with Crippen LogP contribution in [0.4, 0.5) is 0 Å². The van der Waals surface area contributed by atoms with Gasteiger partial charge >= 0.3 is 5.97 Å². The highest BCUT2D eigenvalue weighted by atomic mass is 28.3. The van der Waals surface area contributed by atoms with E-state index in [0.717, 1.165) is 30.7 Å². The van der Waals surface area contributed by atoms with Gasteiger partial charge in [0.2, 0.25) is 6.41 Å². The third-order valence-corrected chi connectivity index (χ3v) is 2.32. The van der Waals surface area contributed by atoms with E-state index in [9.17, 15) is 9.59 Å². The highest BCUT2D eigenvalue weighted by Gasteiger charge is 2.13. The lowest BCUT2D eigenvalue weighted by molar-refractivity contribution is -0.143. The van der Waals surface area contributed by atoms with Gasteiger partial charge in [-0.25, -0.2) is 0 Å². The van der Waals surface area contributed by atoms with E-state index in [1.165, 1.54) is 0 Å². The van der Waals surface area contributed by atoms with Crippen LogP contribution in [-0.2, 0) is 14.3 Å². The van der Waals surface area contributed by atoms with Gasteiger partial charge in [-0.1, -0.05) is 0 Å². The molecule has 1 N–H and O–H groups in total. The van der Waals surface area contributed by atoms with Crippen LogP contribution in [0.1, 0.15) is 12.8 Å². The van der Waals surface area contributed by atoms with Crippen molar-refractivity contribution < 1.29 is 14.3 Å². The van der Waals surface area contributed by atoms with Crippen molar-refractivity contribution in [2.24, 2.45) is 0 Å². The molecule has 14 heavy (non-hydrogen) atoms. The molecular weight excluding hydrogens is 230 g/mol. The molecule has 0 aromatic heterocycles. The summed E-state index contributed by atoms with van der Waals surface area (Å²) in [5, 5.41) is 2.51. The van der Waals surface area contributed by atoms with Gasteiger partial charge in [0, 0.05) is 43.7 Å². The summed E-state index contributed by atoms with van der Waals surface area (Å²) < 4.78 is 5.56. The summed E-state index contributed by atoms with van der Waals surface area (Å²) >= 11 is 0. The maximum atomic E-state index is 11.2. The van der Waals surface area contributed by atoms with E-state index in [1.54, 1.807) is 0 Å². The van der Waals surface area contributed by atoms with Crippen LogP contribution >= 0.6 is 0 Å². The predicted molar refractivity (Wildman–Crippen MR) is 66.8 cm³/mol. The molecule has 0 aliphatic rings. The first kappa shape index (κ1) is 13.6. The summed E-state index contributed by atoms with van der Waals surface area (Å²) in [6.07, 6.45) is 1.71. The zero-order chi connectivity index (χ0) is 11.0. The van der Waals surface area contributed by atoms with E-state index in [1.807, 2.05) is 0 Å². The Kier molecular flexibility index (Phi) is 6.76. The van der Waals surface area contributed by atoms with Crippen molar-refractivity contribution in [2.45, 2.75) is 17.1 Å². The van der Waals surface area contributed by atoms with E-state index in [-0.39, 0.29) is 5.97 Å². The minimum absolute atomic E-state index is 0.135. The van der Waals surface area contributed by atoms with Gasteiger partial charge in [0.1, 0.15) is 0 Å². The van der Waals surface area contributed by atoms with Crippen molar-refractivity contribution in [3.05, 3.63) is 0 Å². The summed E-state index contributed by atoms with van der Waals surface area (Å²) in [4.78, 5) is 21.1. The number of amides is 1. The van der Waals surface area contributed by atoms with Gasteiger partial charge in [-0.15, -0.1) is 0 Å². The third kappa shape index (κ3) is 9.68. The molecule has 4 nitrogen and oxygen atoms in total. The summed E-state index contributed by atoms with van der Waals surface area (Å²) in [5.74, 6) is -0.135. The summed E-state index contributed by atoms with van der Waals surface area (Å²) in [5.41, 5.74) is 0. The quantitative estimate of drug-likeness (QED) is 0.218. The van der Waals surface area contributed by atoms with Crippen LogP contribution in [0.2, 0.25) is 4.28 Å². The van der Waals surface area contributed by atoms with Crippen LogP contribution in [0.3, 0.4) is 0 Å². The molecule has 0 fully saturated rings. The average Bonchev–Trinajstić information content (AvgIpc) is 2.08. The number of ether oxygens (including phenoxy) is 1. The first-order chi connectivity index (χ1) is 6.45. The number of carbonyl (C=O) groups excluding carboxylic acids is 2. The molecule has 0 unspecified atom stereocenters. The maximum absolute atomic E-state index is 11.2. The Hall–Kier alpha value is -0.409. The van der Waals surface area contributed by atoms with E-state index < -0.39 is 0 Å². The van der Waals surface area contributed by atoms with Crippen molar-refractivity contribution >= 4 is 43.1 Å². The monoisotopic (exact) mass is 249 g/mol. The van der Waals surface area contributed by atoms with Crippen LogP contribution in [0, 0.1) is 0 Å². The smallest absolute Gasteiger partial charge is 0.305 e. The van der Waals surface area contributed by atoms with Crippen molar-refractivity contribution in [3.8, 4) is 0 Å². The Morgan fingerprint density at radius 2 is 2.07 bits per heavy atom. The highest BCUT2D eigenvalue weighted by Crippen LogP contribution is 2.08. The number of hydrogen-bond acceptors (Lipinski definition) is 3. The normalized spacial score (nSPS) is 14.9.